The summed E-state index contributed by atoms with van der Waals surface area (Å²) in [6.45, 7) is 2.18. The number of thiazole rings is 1. The largest absolute Gasteiger partial charge is 0.497 e. The quantitative estimate of drug-likeness (QED) is 0.604. The van der Waals surface area contributed by atoms with E-state index >= 15 is 0 Å². The second-order valence-electron chi connectivity index (χ2n) is 5.18. The minimum absolute atomic E-state index is 0.306. The van der Waals surface area contributed by atoms with Crippen molar-refractivity contribution in [3.63, 3.8) is 0 Å². The number of aryl methyl sites for hydroxylation is 1. The number of ether oxygens (including phenoxy) is 2. The van der Waals surface area contributed by atoms with Gasteiger partial charge in [0.1, 0.15) is 15.6 Å². The monoisotopic (exact) mass is 359 g/mol. The highest BCUT2D eigenvalue weighted by molar-refractivity contribution is 7.17. The Balaban J connectivity index is 1.58. The lowest BCUT2D eigenvalue weighted by molar-refractivity contribution is 0.0514. The summed E-state index contributed by atoms with van der Waals surface area (Å²) in [7, 11) is 1.64. The zero-order valence-electron chi connectivity index (χ0n) is 13.4. The van der Waals surface area contributed by atoms with Gasteiger partial charge in [0.05, 0.1) is 19.4 Å². The fraction of sp³-hybridized carbons (Fsp3) is 0.222. The van der Waals surface area contributed by atoms with E-state index in [2.05, 4.69) is 4.98 Å². The lowest BCUT2D eigenvalue weighted by atomic mass is 10.1. The van der Waals surface area contributed by atoms with Gasteiger partial charge in [-0.05, 0) is 36.1 Å². The summed E-state index contributed by atoms with van der Waals surface area (Å²) in [6.07, 6.45) is 0.672. The van der Waals surface area contributed by atoms with Crippen LogP contribution in [0.4, 0.5) is 0 Å². The minimum atomic E-state index is -0.306. The Hall–Kier alpha value is -2.18. The molecule has 0 N–H and O–H groups in total. The maximum absolute atomic E-state index is 12.3. The number of hydrogen-bond donors (Lipinski definition) is 0. The highest BCUT2D eigenvalue weighted by Crippen LogP contribution is 2.29. The molecule has 0 atom stereocenters. The van der Waals surface area contributed by atoms with Crippen molar-refractivity contribution in [1.29, 1.82) is 0 Å². The molecule has 0 saturated carbocycles. The zero-order valence-corrected chi connectivity index (χ0v) is 15.1. The van der Waals surface area contributed by atoms with E-state index in [1.54, 1.807) is 18.4 Å². The zero-order chi connectivity index (χ0) is 16.9. The van der Waals surface area contributed by atoms with Crippen LogP contribution < -0.4 is 4.74 Å². The lowest BCUT2D eigenvalue weighted by Crippen LogP contribution is -2.07. The molecule has 3 rings (SSSR count). The molecule has 6 heteroatoms. The average Bonchev–Trinajstić information content (AvgIpc) is 3.25. The van der Waals surface area contributed by atoms with E-state index in [1.807, 2.05) is 48.0 Å². The van der Waals surface area contributed by atoms with Gasteiger partial charge in [0.25, 0.3) is 0 Å². The third-order valence-corrected chi connectivity index (χ3v) is 5.40. The summed E-state index contributed by atoms with van der Waals surface area (Å²) >= 11 is 2.99. The molecule has 0 spiro atoms. The summed E-state index contributed by atoms with van der Waals surface area (Å²) in [4.78, 5) is 17.3. The predicted octanol–water partition coefficient (Wildman–Crippen LogP) is 4.59. The number of thiophene rings is 1. The van der Waals surface area contributed by atoms with Crippen LogP contribution in [-0.2, 0) is 11.2 Å². The first-order chi connectivity index (χ1) is 11.7. The summed E-state index contributed by atoms with van der Waals surface area (Å²) in [5.74, 6) is 0.511. The molecule has 24 heavy (non-hydrogen) atoms. The van der Waals surface area contributed by atoms with Gasteiger partial charge in [-0.2, -0.15) is 11.3 Å². The van der Waals surface area contributed by atoms with Crippen LogP contribution in [0, 0.1) is 6.92 Å². The van der Waals surface area contributed by atoms with E-state index in [0.717, 1.165) is 27.6 Å². The molecule has 0 aliphatic carbocycles. The van der Waals surface area contributed by atoms with Crippen molar-refractivity contribution < 1.29 is 14.3 Å². The number of carbonyl (C=O) groups excluding carboxylic acids is 1. The van der Waals surface area contributed by atoms with Crippen LogP contribution in [0.3, 0.4) is 0 Å². The van der Waals surface area contributed by atoms with Gasteiger partial charge in [0.2, 0.25) is 0 Å². The van der Waals surface area contributed by atoms with Crippen LogP contribution in [0.25, 0.3) is 10.6 Å². The Kier molecular flexibility index (Phi) is 5.27. The Morgan fingerprint density at radius 3 is 2.67 bits per heavy atom. The first kappa shape index (κ1) is 16.7. The number of methoxy groups -OCH3 is 1. The second kappa shape index (κ2) is 7.59. The van der Waals surface area contributed by atoms with Crippen LogP contribution in [0.1, 0.15) is 20.9 Å². The molecule has 124 valence electrons. The molecule has 0 radical (unpaired) electrons. The van der Waals surface area contributed by atoms with Crippen LogP contribution in [0.2, 0.25) is 0 Å². The van der Waals surface area contributed by atoms with E-state index in [-0.39, 0.29) is 5.97 Å². The third kappa shape index (κ3) is 3.83. The molecule has 2 heterocycles. The second-order valence-corrected chi connectivity index (χ2v) is 6.96. The molecule has 0 fully saturated rings. The standard InChI is InChI=1S/C18H17NO3S2/c1-12-16(24-17(19-12)14-8-10-23-11-14)18(20)22-9-7-13-3-5-15(21-2)6-4-13/h3-6,8,10-11H,7,9H2,1-2H3. The predicted molar refractivity (Wildman–Crippen MR) is 97.1 cm³/mol. The molecule has 0 saturated heterocycles. The Morgan fingerprint density at radius 2 is 2.00 bits per heavy atom. The molecule has 0 unspecified atom stereocenters. The molecule has 0 aliphatic rings. The van der Waals surface area contributed by atoms with Crippen LogP contribution in [0.15, 0.2) is 41.1 Å². The van der Waals surface area contributed by atoms with Crippen molar-refractivity contribution in [3.8, 4) is 16.3 Å². The molecule has 0 aliphatic heterocycles. The summed E-state index contributed by atoms with van der Waals surface area (Å²) in [5.41, 5.74) is 2.87. The first-order valence-corrected chi connectivity index (χ1v) is 9.23. The molecule has 0 amide bonds. The molecule has 3 aromatic rings. The molecule has 1 aromatic carbocycles. The number of aromatic nitrogens is 1. The average molecular weight is 359 g/mol. The van der Waals surface area contributed by atoms with Crippen LogP contribution in [-0.4, -0.2) is 24.7 Å². The van der Waals surface area contributed by atoms with E-state index in [0.29, 0.717) is 17.9 Å². The highest BCUT2D eigenvalue weighted by atomic mass is 32.1. The number of nitrogens with zero attached hydrogens (tertiary/aromatic N) is 1. The van der Waals surface area contributed by atoms with Gasteiger partial charge in [-0.3, -0.25) is 0 Å². The SMILES string of the molecule is COc1ccc(CCOC(=O)c2sc(-c3ccsc3)nc2C)cc1. The first-order valence-electron chi connectivity index (χ1n) is 7.47. The Labute approximate surface area is 148 Å². The summed E-state index contributed by atoms with van der Waals surface area (Å²) in [6, 6.07) is 9.75. The van der Waals surface area contributed by atoms with Crippen molar-refractivity contribution >= 4 is 28.6 Å². The maximum Gasteiger partial charge on any atom is 0.350 e. The van der Waals surface area contributed by atoms with Crippen molar-refractivity contribution in [2.24, 2.45) is 0 Å². The fourth-order valence-corrected chi connectivity index (χ4v) is 3.89. The van der Waals surface area contributed by atoms with Gasteiger partial charge >= 0.3 is 5.97 Å². The van der Waals surface area contributed by atoms with E-state index in [9.17, 15) is 4.79 Å². The lowest BCUT2D eigenvalue weighted by Gasteiger charge is -2.05. The smallest absolute Gasteiger partial charge is 0.350 e. The van der Waals surface area contributed by atoms with Gasteiger partial charge in [0.15, 0.2) is 0 Å². The third-order valence-electron chi connectivity index (χ3n) is 3.53. The topological polar surface area (TPSA) is 48.4 Å². The maximum atomic E-state index is 12.3. The normalized spacial score (nSPS) is 10.6. The Morgan fingerprint density at radius 1 is 1.21 bits per heavy atom. The number of carbonyl (C=O) groups is 1. The molecule has 4 nitrogen and oxygen atoms in total. The number of benzene rings is 1. The number of esters is 1. The van der Waals surface area contributed by atoms with Gasteiger partial charge in [0, 0.05) is 17.4 Å². The van der Waals surface area contributed by atoms with Gasteiger partial charge < -0.3 is 9.47 Å². The molecular formula is C18H17NO3S2. The summed E-state index contributed by atoms with van der Waals surface area (Å²) in [5, 5.41) is 4.88. The van der Waals surface area contributed by atoms with Crippen LogP contribution in [0.5, 0.6) is 5.75 Å². The number of rotatable bonds is 6. The minimum Gasteiger partial charge on any atom is -0.497 e. The molecule has 0 bridgehead atoms. The summed E-state index contributed by atoms with van der Waals surface area (Å²) < 4.78 is 10.5. The van der Waals surface area contributed by atoms with Gasteiger partial charge in [-0.1, -0.05) is 12.1 Å². The van der Waals surface area contributed by atoms with Crippen molar-refractivity contribution in [3.05, 3.63) is 57.2 Å². The molecule has 2 aromatic heterocycles. The fourth-order valence-electron chi connectivity index (χ4n) is 2.21. The highest BCUT2D eigenvalue weighted by Gasteiger charge is 2.17. The number of hydrogen-bond acceptors (Lipinski definition) is 6. The van der Waals surface area contributed by atoms with E-state index < -0.39 is 0 Å². The Bertz CT molecular complexity index is 807. The van der Waals surface area contributed by atoms with E-state index in [1.165, 1.54) is 11.3 Å². The van der Waals surface area contributed by atoms with Crippen molar-refractivity contribution in [2.75, 3.05) is 13.7 Å². The van der Waals surface area contributed by atoms with E-state index in [4.69, 9.17) is 9.47 Å². The van der Waals surface area contributed by atoms with Gasteiger partial charge in [-0.25, -0.2) is 9.78 Å². The van der Waals surface area contributed by atoms with Crippen molar-refractivity contribution in [1.82, 2.24) is 4.98 Å². The van der Waals surface area contributed by atoms with Crippen molar-refractivity contribution in [2.45, 2.75) is 13.3 Å². The van der Waals surface area contributed by atoms with Gasteiger partial charge in [-0.15, -0.1) is 11.3 Å². The van der Waals surface area contributed by atoms with Crippen LogP contribution >= 0.6 is 22.7 Å². The molecular weight excluding hydrogens is 342 g/mol.